The Hall–Kier alpha value is -1.36. The van der Waals surface area contributed by atoms with Crippen LogP contribution in [0.2, 0.25) is 0 Å². The van der Waals surface area contributed by atoms with Crippen molar-refractivity contribution < 1.29 is 4.79 Å². The molecular weight excluding hydrogens is 228 g/mol. The average Bonchev–Trinajstić information content (AvgIpc) is 2.59. The average molecular weight is 250 g/mol. The maximum Gasteiger partial charge on any atom is 0.227 e. The molecule has 1 aliphatic carbocycles. The fourth-order valence-corrected chi connectivity index (χ4v) is 2.50. The molecule has 1 aromatic rings. The smallest absolute Gasteiger partial charge is 0.227 e. The molecule has 5 heteroatoms. The highest BCUT2D eigenvalue weighted by atomic mass is 16.2. The number of hydrogen-bond donors (Lipinski definition) is 2. The van der Waals surface area contributed by atoms with E-state index in [2.05, 4.69) is 10.4 Å². The molecule has 0 aliphatic heterocycles. The van der Waals surface area contributed by atoms with Crippen molar-refractivity contribution in [3.63, 3.8) is 0 Å². The van der Waals surface area contributed by atoms with E-state index in [1.54, 1.807) is 0 Å². The van der Waals surface area contributed by atoms with E-state index in [4.69, 9.17) is 5.73 Å². The molecule has 2 rings (SSSR count). The number of amides is 1. The molecule has 1 unspecified atom stereocenters. The predicted molar refractivity (Wildman–Crippen MR) is 69.8 cm³/mol. The molecule has 100 valence electrons. The quantitative estimate of drug-likeness (QED) is 0.838. The van der Waals surface area contributed by atoms with Crippen LogP contribution in [0.5, 0.6) is 0 Å². The topological polar surface area (TPSA) is 72.9 Å². The molecule has 5 nitrogen and oxygen atoms in total. The summed E-state index contributed by atoms with van der Waals surface area (Å²) in [4.78, 5) is 12.3. The van der Waals surface area contributed by atoms with Gasteiger partial charge in [0.2, 0.25) is 5.91 Å². The van der Waals surface area contributed by atoms with Gasteiger partial charge in [-0.3, -0.25) is 9.48 Å². The number of aryl methyl sites for hydroxylation is 1. The minimum atomic E-state index is -0.315. The fraction of sp³-hybridized carbons (Fsp3) is 0.692. The van der Waals surface area contributed by atoms with Crippen molar-refractivity contribution in [3.8, 4) is 0 Å². The summed E-state index contributed by atoms with van der Waals surface area (Å²) in [6.07, 6.45) is 4.74. The summed E-state index contributed by atoms with van der Waals surface area (Å²) >= 11 is 0. The van der Waals surface area contributed by atoms with Crippen LogP contribution in [0, 0.1) is 12.3 Å². The van der Waals surface area contributed by atoms with Crippen molar-refractivity contribution in [2.45, 2.75) is 39.2 Å². The Morgan fingerprint density at radius 3 is 2.72 bits per heavy atom. The maximum atomic E-state index is 12.3. The van der Waals surface area contributed by atoms with Crippen molar-refractivity contribution in [1.82, 2.24) is 15.1 Å². The monoisotopic (exact) mass is 250 g/mol. The minimum absolute atomic E-state index is 0.0183. The van der Waals surface area contributed by atoms with Gasteiger partial charge in [0, 0.05) is 24.8 Å². The molecule has 1 aliphatic rings. The molecule has 18 heavy (non-hydrogen) atoms. The normalized spacial score (nSPS) is 19.1. The van der Waals surface area contributed by atoms with Gasteiger partial charge in [-0.2, -0.15) is 5.10 Å². The number of aromatic nitrogens is 2. The first-order valence-electron chi connectivity index (χ1n) is 6.50. The molecule has 1 aromatic heterocycles. The second-order valence-electron chi connectivity index (χ2n) is 5.34. The Morgan fingerprint density at radius 1 is 1.67 bits per heavy atom. The van der Waals surface area contributed by atoms with Crippen LogP contribution in [0.4, 0.5) is 0 Å². The Labute approximate surface area is 108 Å². The molecule has 1 amide bonds. The van der Waals surface area contributed by atoms with Gasteiger partial charge in [-0.15, -0.1) is 0 Å². The van der Waals surface area contributed by atoms with E-state index in [1.165, 1.54) is 0 Å². The highest BCUT2D eigenvalue weighted by molar-refractivity contribution is 5.84. The van der Waals surface area contributed by atoms with Crippen LogP contribution >= 0.6 is 0 Å². The third-order valence-electron chi connectivity index (χ3n) is 4.27. The number of rotatable bonds is 4. The predicted octanol–water partition coefficient (Wildman–Crippen LogP) is 1.03. The molecular formula is C13H22N4O. The third kappa shape index (κ3) is 2.03. The van der Waals surface area contributed by atoms with Crippen LogP contribution in [0.1, 0.15) is 43.5 Å². The lowest BCUT2D eigenvalue weighted by atomic mass is 9.68. The highest BCUT2D eigenvalue weighted by Crippen LogP contribution is 2.40. The second-order valence-corrected chi connectivity index (χ2v) is 5.34. The van der Waals surface area contributed by atoms with Gasteiger partial charge in [0.05, 0.1) is 17.7 Å². The summed E-state index contributed by atoms with van der Waals surface area (Å²) in [5.41, 5.74) is 7.57. The van der Waals surface area contributed by atoms with Gasteiger partial charge in [-0.25, -0.2) is 0 Å². The lowest BCUT2D eigenvalue weighted by Crippen LogP contribution is -2.50. The standard InChI is InChI=1S/C13H22N4O/c1-9(11-7-15-17(3)10(11)2)16-12(18)13(8-14)5-4-6-13/h7,9H,4-6,8,14H2,1-3H3,(H,16,18). The molecule has 0 bridgehead atoms. The SMILES string of the molecule is Cc1c(C(C)NC(=O)C2(CN)CCC2)cnn1C. The van der Waals surface area contributed by atoms with Gasteiger partial charge in [0.1, 0.15) is 0 Å². The van der Waals surface area contributed by atoms with Crippen molar-refractivity contribution in [2.75, 3.05) is 6.54 Å². The third-order valence-corrected chi connectivity index (χ3v) is 4.27. The van der Waals surface area contributed by atoms with Crippen LogP contribution < -0.4 is 11.1 Å². The molecule has 1 atom stereocenters. The summed E-state index contributed by atoms with van der Waals surface area (Å²) in [6, 6.07) is -0.0183. The lowest BCUT2D eigenvalue weighted by Gasteiger charge is -2.39. The Kier molecular flexibility index (Phi) is 3.43. The van der Waals surface area contributed by atoms with Gasteiger partial charge >= 0.3 is 0 Å². The maximum absolute atomic E-state index is 12.3. The fourth-order valence-electron chi connectivity index (χ4n) is 2.50. The summed E-state index contributed by atoms with van der Waals surface area (Å²) in [7, 11) is 1.90. The number of nitrogens with one attached hydrogen (secondary N) is 1. The first-order valence-corrected chi connectivity index (χ1v) is 6.50. The first-order chi connectivity index (χ1) is 8.50. The largest absolute Gasteiger partial charge is 0.349 e. The molecule has 3 N–H and O–H groups in total. The number of hydrogen-bond acceptors (Lipinski definition) is 3. The zero-order chi connectivity index (χ0) is 13.3. The van der Waals surface area contributed by atoms with Gasteiger partial charge < -0.3 is 11.1 Å². The van der Waals surface area contributed by atoms with E-state index in [-0.39, 0.29) is 17.4 Å². The molecule has 1 saturated carbocycles. The van der Waals surface area contributed by atoms with Crippen molar-refractivity contribution in [3.05, 3.63) is 17.5 Å². The molecule has 0 radical (unpaired) electrons. The highest BCUT2D eigenvalue weighted by Gasteiger charge is 2.43. The Balaban J connectivity index is 2.05. The minimum Gasteiger partial charge on any atom is -0.349 e. The Morgan fingerprint density at radius 2 is 2.33 bits per heavy atom. The van der Waals surface area contributed by atoms with Crippen LogP contribution in [0.25, 0.3) is 0 Å². The van der Waals surface area contributed by atoms with Crippen LogP contribution in [-0.4, -0.2) is 22.2 Å². The van der Waals surface area contributed by atoms with Crippen LogP contribution in [0.15, 0.2) is 6.20 Å². The summed E-state index contributed by atoms with van der Waals surface area (Å²) in [6.45, 7) is 4.44. The molecule has 0 spiro atoms. The zero-order valence-electron chi connectivity index (χ0n) is 11.4. The number of nitrogens with zero attached hydrogens (tertiary/aromatic N) is 2. The van der Waals surface area contributed by atoms with E-state index in [9.17, 15) is 4.79 Å². The lowest BCUT2D eigenvalue weighted by molar-refractivity contribution is -0.135. The second kappa shape index (κ2) is 4.72. The Bertz CT molecular complexity index is 442. The van der Waals surface area contributed by atoms with E-state index in [0.29, 0.717) is 6.54 Å². The number of nitrogens with two attached hydrogens (primary N) is 1. The van der Waals surface area contributed by atoms with E-state index < -0.39 is 0 Å². The van der Waals surface area contributed by atoms with Crippen molar-refractivity contribution in [1.29, 1.82) is 0 Å². The molecule has 1 fully saturated rings. The zero-order valence-corrected chi connectivity index (χ0v) is 11.4. The van der Waals surface area contributed by atoms with E-state index in [0.717, 1.165) is 30.5 Å². The number of carbonyl (C=O) groups is 1. The van der Waals surface area contributed by atoms with Gasteiger partial charge in [-0.1, -0.05) is 6.42 Å². The van der Waals surface area contributed by atoms with Crippen molar-refractivity contribution in [2.24, 2.45) is 18.2 Å². The summed E-state index contributed by atoms with van der Waals surface area (Å²) < 4.78 is 1.82. The van der Waals surface area contributed by atoms with Crippen molar-refractivity contribution >= 4 is 5.91 Å². The first kappa shape index (κ1) is 13.1. The molecule has 1 heterocycles. The molecule has 0 saturated heterocycles. The van der Waals surface area contributed by atoms with Gasteiger partial charge in [0.25, 0.3) is 0 Å². The van der Waals surface area contributed by atoms with Crippen LogP contribution in [-0.2, 0) is 11.8 Å². The van der Waals surface area contributed by atoms with E-state index in [1.807, 2.05) is 31.8 Å². The summed E-state index contributed by atoms with van der Waals surface area (Å²) in [5.74, 6) is 0.0898. The van der Waals surface area contributed by atoms with Gasteiger partial charge in [0.15, 0.2) is 0 Å². The number of carbonyl (C=O) groups excluding carboxylic acids is 1. The van der Waals surface area contributed by atoms with E-state index >= 15 is 0 Å². The molecule has 0 aromatic carbocycles. The van der Waals surface area contributed by atoms with Gasteiger partial charge in [-0.05, 0) is 26.7 Å². The van der Waals surface area contributed by atoms with Crippen LogP contribution in [0.3, 0.4) is 0 Å². The summed E-state index contributed by atoms with van der Waals surface area (Å²) in [5, 5.41) is 7.27.